The van der Waals surface area contributed by atoms with Crippen LogP contribution >= 0.6 is 0 Å². The van der Waals surface area contributed by atoms with Crippen molar-refractivity contribution in [1.82, 2.24) is 9.03 Å². The first-order valence-electron chi connectivity index (χ1n) is 8.98. The maximum absolute atomic E-state index is 12.6. The minimum absolute atomic E-state index is 0.0425. The number of ether oxygens (including phenoxy) is 1. The number of nitrogens with zero attached hydrogens (tertiary/aromatic N) is 1. The summed E-state index contributed by atoms with van der Waals surface area (Å²) < 4.78 is 58.2. The molecule has 0 atom stereocenters. The van der Waals surface area contributed by atoms with Crippen molar-refractivity contribution in [2.75, 3.05) is 21.2 Å². The van der Waals surface area contributed by atoms with Gasteiger partial charge in [0.25, 0.3) is 15.9 Å². The van der Waals surface area contributed by atoms with Crippen LogP contribution in [0.5, 0.6) is 5.75 Å². The Morgan fingerprint density at radius 3 is 2.00 bits per heavy atom. The van der Waals surface area contributed by atoms with Crippen molar-refractivity contribution in [3.8, 4) is 5.75 Å². The highest BCUT2D eigenvalue weighted by molar-refractivity contribution is 7.90. The normalized spacial score (nSPS) is 12.6. The highest BCUT2D eigenvalue weighted by Gasteiger charge is 2.26. The summed E-state index contributed by atoms with van der Waals surface area (Å²) >= 11 is 0. The van der Waals surface area contributed by atoms with Crippen molar-refractivity contribution in [2.45, 2.75) is 36.0 Å². The Kier molecular flexibility index (Phi) is 6.65. The van der Waals surface area contributed by atoms with E-state index in [1.807, 2.05) is 25.5 Å². The fourth-order valence-electron chi connectivity index (χ4n) is 2.59. The Balaban J connectivity index is 2.37. The quantitative estimate of drug-likeness (QED) is 0.718. The van der Waals surface area contributed by atoms with Gasteiger partial charge in [-0.15, -0.1) is 0 Å². The van der Waals surface area contributed by atoms with Crippen molar-refractivity contribution < 1.29 is 26.4 Å². The van der Waals surface area contributed by atoms with Gasteiger partial charge in [0.1, 0.15) is 10.6 Å². The fourth-order valence-corrected chi connectivity index (χ4v) is 4.64. The molecule has 0 saturated heterocycles. The van der Waals surface area contributed by atoms with Crippen LogP contribution in [0.2, 0.25) is 0 Å². The summed E-state index contributed by atoms with van der Waals surface area (Å²) in [5.41, 5.74) is 0.663. The molecule has 0 unspecified atom stereocenters. The van der Waals surface area contributed by atoms with Crippen LogP contribution in [0.4, 0.5) is 0 Å². The Hall–Kier alpha value is -2.43. The zero-order valence-corrected chi connectivity index (χ0v) is 19.4. The van der Waals surface area contributed by atoms with Crippen LogP contribution in [0.25, 0.3) is 0 Å². The van der Waals surface area contributed by atoms with E-state index in [0.717, 1.165) is 15.9 Å². The van der Waals surface area contributed by atoms with E-state index in [4.69, 9.17) is 4.74 Å². The van der Waals surface area contributed by atoms with Crippen LogP contribution in [0.3, 0.4) is 0 Å². The van der Waals surface area contributed by atoms with Crippen molar-refractivity contribution >= 4 is 26.0 Å². The minimum Gasteiger partial charge on any atom is -0.495 e. The molecule has 0 saturated carbocycles. The highest BCUT2D eigenvalue weighted by Crippen LogP contribution is 2.27. The lowest BCUT2D eigenvalue weighted by Crippen LogP contribution is -2.31. The topological polar surface area (TPSA) is 110 Å². The fraction of sp³-hybridized carbons (Fsp3) is 0.350. The molecule has 10 heteroatoms. The zero-order valence-electron chi connectivity index (χ0n) is 17.8. The third-order valence-corrected chi connectivity index (χ3v) is 7.63. The van der Waals surface area contributed by atoms with Crippen LogP contribution in [0.15, 0.2) is 52.3 Å². The van der Waals surface area contributed by atoms with E-state index in [0.29, 0.717) is 0 Å². The predicted molar refractivity (Wildman–Crippen MR) is 114 cm³/mol. The molecule has 0 aliphatic rings. The van der Waals surface area contributed by atoms with Gasteiger partial charge in [0.15, 0.2) is 0 Å². The number of nitrogens with one attached hydrogen (secondary N) is 1. The first kappa shape index (κ1) is 23.8. The molecule has 0 radical (unpaired) electrons. The number of rotatable bonds is 6. The molecule has 164 valence electrons. The molecule has 0 bridgehead atoms. The van der Waals surface area contributed by atoms with Crippen molar-refractivity contribution in [3.63, 3.8) is 0 Å². The monoisotopic (exact) mass is 454 g/mol. The standard InChI is InChI=1S/C20H26N2O6S2/c1-20(2,3)15-8-10-16(11-9-15)29(24,25)21-19(23)14-7-12-17(28-6)18(13-14)30(26,27)22(4)5/h7-13H,1-6H3,(H,21,23). The Morgan fingerprint density at radius 2 is 1.53 bits per heavy atom. The molecule has 2 rings (SSSR count). The second-order valence-corrected chi connectivity index (χ2v) is 11.7. The SMILES string of the molecule is COc1ccc(C(=O)NS(=O)(=O)c2ccc(C(C)(C)C)cc2)cc1S(=O)(=O)N(C)C. The second kappa shape index (κ2) is 8.37. The minimum atomic E-state index is -4.14. The molecule has 1 N–H and O–H groups in total. The summed E-state index contributed by atoms with van der Waals surface area (Å²) in [6, 6.07) is 9.90. The zero-order chi connectivity index (χ0) is 22.9. The van der Waals surface area contributed by atoms with E-state index in [1.54, 1.807) is 12.1 Å². The van der Waals surface area contributed by atoms with Gasteiger partial charge in [-0.2, -0.15) is 0 Å². The van der Waals surface area contributed by atoms with E-state index in [-0.39, 0.29) is 26.5 Å². The first-order valence-corrected chi connectivity index (χ1v) is 11.9. The smallest absolute Gasteiger partial charge is 0.265 e. The molecule has 8 nitrogen and oxygen atoms in total. The summed E-state index contributed by atoms with van der Waals surface area (Å²) in [5, 5.41) is 0. The molecule has 2 aromatic rings. The number of amides is 1. The van der Waals surface area contributed by atoms with E-state index < -0.39 is 26.0 Å². The van der Waals surface area contributed by atoms with Crippen molar-refractivity contribution in [2.24, 2.45) is 0 Å². The van der Waals surface area contributed by atoms with Gasteiger partial charge in [0.05, 0.1) is 12.0 Å². The van der Waals surface area contributed by atoms with Crippen LogP contribution in [-0.2, 0) is 25.5 Å². The summed E-state index contributed by atoms with van der Waals surface area (Å²) in [7, 11) is -4.07. The molecular weight excluding hydrogens is 428 g/mol. The molecule has 0 spiro atoms. The third-order valence-electron chi connectivity index (χ3n) is 4.44. The maximum Gasteiger partial charge on any atom is 0.265 e. The third kappa shape index (κ3) is 5.00. The van der Waals surface area contributed by atoms with Gasteiger partial charge in [0, 0.05) is 19.7 Å². The van der Waals surface area contributed by atoms with Gasteiger partial charge < -0.3 is 4.74 Å². The van der Waals surface area contributed by atoms with Gasteiger partial charge in [0.2, 0.25) is 10.0 Å². The number of hydrogen-bond acceptors (Lipinski definition) is 6. The van der Waals surface area contributed by atoms with Gasteiger partial charge in [-0.3, -0.25) is 4.79 Å². The summed E-state index contributed by atoms with van der Waals surface area (Å²) in [5.74, 6) is -0.909. The number of hydrogen-bond donors (Lipinski definition) is 1. The van der Waals surface area contributed by atoms with E-state index in [9.17, 15) is 21.6 Å². The van der Waals surface area contributed by atoms with Crippen LogP contribution in [0.1, 0.15) is 36.7 Å². The van der Waals surface area contributed by atoms with Crippen molar-refractivity contribution in [1.29, 1.82) is 0 Å². The van der Waals surface area contributed by atoms with Gasteiger partial charge in [-0.25, -0.2) is 25.9 Å². The van der Waals surface area contributed by atoms with Crippen LogP contribution < -0.4 is 9.46 Å². The second-order valence-electron chi connectivity index (χ2n) is 7.86. The van der Waals surface area contributed by atoms with E-state index in [2.05, 4.69) is 0 Å². The lowest BCUT2D eigenvalue weighted by molar-refractivity contribution is 0.0981. The summed E-state index contributed by atoms with van der Waals surface area (Å²) in [6.07, 6.45) is 0. The average Bonchev–Trinajstić information content (AvgIpc) is 2.66. The van der Waals surface area contributed by atoms with Gasteiger partial charge in [-0.05, 0) is 41.3 Å². The van der Waals surface area contributed by atoms with Crippen LogP contribution in [-0.4, -0.2) is 48.3 Å². The Labute approximate surface area is 178 Å². The average molecular weight is 455 g/mol. The number of carbonyl (C=O) groups excluding carboxylic acids is 1. The molecular formula is C20H26N2O6S2. The van der Waals surface area contributed by atoms with E-state index in [1.165, 1.54) is 45.5 Å². The van der Waals surface area contributed by atoms with Crippen molar-refractivity contribution in [3.05, 3.63) is 53.6 Å². The van der Waals surface area contributed by atoms with E-state index >= 15 is 0 Å². The lowest BCUT2D eigenvalue weighted by Gasteiger charge is -2.19. The van der Waals surface area contributed by atoms with Gasteiger partial charge >= 0.3 is 0 Å². The predicted octanol–water partition coefficient (Wildman–Crippen LogP) is 2.36. The molecule has 0 fully saturated rings. The molecule has 0 aliphatic heterocycles. The summed E-state index contributed by atoms with van der Waals surface area (Å²) in [4.78, 5) is 12.3. The molecule has 0 aromatic heterocycles. The lowest BCUT2D eigenvalue weighted by atomic mass is 9.87. The number of sulfonamides is 2. The number of carbonyl (C=O) groups is 1. The number of methoxy groups -OCH3 is 1. The largest absolute Gasteiger partial charge is 0.495 e. The Morgan fingerprint density at radius 1 is 0.967 bits per heavy atom. The molecule has 2 aromatic carbocycles. The first-order chi connectivity index (χ1) is 13.7. The number of benzene rings is 2. The van der Waals surface area contributed by atoms with Gasteiger partial charge in [-0.1, -0.05) is 32.9 Å². The molecule has 0 heterocycles. The maximum atomic E-state index is 12.6. The Bertz CT molecular complexity index is 1150. The van der Waals surface area contributed by atoms with Crippen LogP contribution in [0, 0.1) is 0 Å². The molecule has 1 amide bonds. The molecule has 30 heavy (non-hydrogen) atoms. The molecule has 0 aliphatic carbocycles. The summed E-state index contributed by atoms with van der Waals surface area (Å²) in [6.45, 7) is 6.00. The highest BCUT2D eigenvalue weighted by atomic mass is 32.2.